The molecule has 4 heteroatoms. The zero-order valence-corrected chi connectivity index (χ0v) is 11.8. The largest absolute Gasteiger partial charge is 0.351 e. The van der Waals surface area contributed by atoms with E-state index in [1.807, 2.05) is 24.3 Å². The van der Waals surface area contributed by atoms with Crippen molar-refractivity contribution in [3.05, 3.63) is 58.7 Å². The van der Waals surface area contributed by atoms with Crippen molar-refractivity contribution in [2.45, 2.75) is 20.0 Å². The van der Waals surface area contributed by atoms with Crippen LogP contribution in [0.2, 0.25) is 5.02 Å². The lowest BCUT2D eigenvalue weighted by atomic mass is 10.2. The van der Waals surface area contributed by atoms with Crippen molar-refractivity contribution in [2.75, 3.05) is 11.4 Å². The van der Waals surface area contributed by atoms with Gasteiger partial charge >= 0.3 is 0 Å². The van der Waals surface area contributed by atoms with E-state index in [9.17, 15) is 0 Å². The summed E-state index contributed by atoms with van der Waals surface area (Å²) in [6.45, 7) is 4.15. The Hall–Kier alpha value is -1.58. The van der Waals surface area contributed by atoms with Crippen LogP contribution in [0, 0.1) is 0 Å². The fourth-order valence-electron chi connectivity index (χ4n) is 1.99. The Labute approximate surface area is 119 Å². The molecule has 0 amide bonds. The van der Waals surface area contributed by atoms with Crippen molar-refractivity contribution >= 4 is 17.4 Å². The summed E-state index contributed by atoms with van der Waals surface area (Å²) >= 11 is 6.36. The molecule has 0 fully saturated rings. The third kappa shape index (κ3) is 3.25. The molecule has 0 aliphatic rings. The van der Waals surface area contributed by atoms with Gasteiger partial charge in [0.2, 0.25) is 0 Å². The molecular formula is C15H18ClN3. The van der Waals surface area contributed by atoms with Gasteiger partial charge in [0.1, 0.15) is 5.82 Å². The minimum atomic E-state index is 0.428. The molecule has 1 aromatic heterocycles. The third-order valence-corrected chi connectivity index (χ3v) is 3.48. The van der Waals surface area contributed by atoms with Crippen LogP contribution in [0.3, 0.4) is 0 Å². The molecule has 3 nitrogen and oxygen atoms in total. The number of pyridine rings is 1. The first-order valence-electron chi connectivity index (χ1n) is 6.38. The molecule has 1 heterocycles. The van der Waals surface area contributed by atoms with Crippen LogP contribution in [-0.4, -0.2) is 11.5 Å². The molecule has 0 aliphatic carbocycles. The minimum absolute atomic E-state index is 0.428. The average molecular weight is 276 g/mol. The van der Waals surface area contributed by atoms with E-state index in [4.69, 9.17) is 17.3 Å². The monoisotopic (exact) mass is 275 g/mol. The van der Waals surface area contributed by atoms with Gasteiger partial charge in [0.05, 0.1) is 5.02 Å². The van der Waals surface area contributed by atoms with Crippen LogP contribution in [0.1, 0.15) is 18.1 Å². The van der Waals surface area contributed by atoms with Gasteiger partial charge in [-0.15, -0.1) is 0 Å². The summed E-state index contributed by atoms with van der Waals surface area (Å²) < 4.78 is 0. The van der Waals surface area contributed by atoms with Crippen molar-refractivity contribution < 1.29 is 0 Å². The van der Waals surface area contributed by atoms with Gasteiger partial charge in [-0.2, -0.15) is 0 Å². The summed E-state index contributed by atoms with van der Waals surface area (Å²) in [4.78, 5) is 6.54. The Bertz CT molecular complexity index is 528. The summed E-state index contributed by atoms with van der Waals surface area (Å²) in [5, 5.41) is 0.655. The molecule has 0 unspecified atom stereocenters. The Kier molecular flexibility index (Phi) is 4.77. The fourth-order valence-corrected chi connectivity index (χ4v) is 2.30. The second-order valence-corrected chi connectivity index (χ2v) is 4.69. The molecule has 0 saturated heterocycles. The zero-order chi connectivity index (χ0) is 13.7. The fraction of sp³-hybridized carbons (Fsp3) is 0.267. The highest BCUT2D eigenvalue weighted by molar-refractivity contribution is 6.33. The number of benzene rings is 1. The number of nitrogens with zero attached hydrogens (tertiary/aromatic N) is 2. The summed E-state index contributed by atoms with van der Waals surface area (Å²) in [7, 11) is 0. The lowest BCUT2D eigenvalue weighted by molar-refractivity contribution is 0.811. The van der Waals surface area contributed by atoms with Crippen molar-refractivity contribution in [1.29, 1.82) is 0 Å². The normalized spacial score (nSPS) is 10.5. The number of hydrogen-bond acceptors (Lipinski definition) is 3. The maximum absolute atomic E-state index is 6.36. The van der Waals surface area contributed by atoms with E-state index in [1.165, 1.54) is 5.56 Å². The molecule has 0 atom stereocenters. The molecule has 0 radical (unpaired) electrons. The number of halogens is 1. The molecule has 0 spiro atoms. The predicted octanol–water partition coefficient (Wildman–Crippen LogP) is 3.22. The summed E-state index contributed by atoms with van der Waals surface area (Å²) in [6.07, 6.45) is 1.76. The van der Waals surface area contributed by atoms with Crippen molar-refractivity contribution in [2.24, 2.45) is 5.73 Å². The SMILES string of the molecule is CCN(Cc1ccccc1)c1nccc(CN)c1Cl. The van der Waals surface area contributed by atoms with Gasteiger partial charge in [-0.3, -0.25) is 0 Å². The van der Waals surface area contributed by atoms with E-state index in [0.717, 1.165) is 24.5 Å². The average Bonchev–Trinajstić information content (AvgIpc) is 2.46. The maximum atomic E-state index is 6.36. The van der Waals surface area contributed by atoms with Crippen molar-refractivity contribution in [3.63, 3.8) is 0 Å². The number of rotatable bonds is 5. The standard InChI is InChI=1S/C15H18ClN3/c1-2-19(11-12-6-4-3-5-7-12)15-14(16)13(10-17)8-9-18-15/h3-9H,2,10-11,17H2,1H3. The zero-order valence-electron chi connectivity index (χ0n) is 11.0. The third-order valence-electron chi connectivity index (χ3n) is 3.07. The van der Waals surface area contributed by atoms with E-state index in [0.29, 0.717) is 11.6 Å². The molecule has 19 heavy (non-hydrogen) atoms. The van der Waals surface area contributed by atoms with Gasteiger partial charge in [0.15, 0.2) is 0 Å². The van der Waals surface area contributed by atoms with Gasteiger partial charge in [-0.25, -0.2) is 4.98 Å². The van der Waals surface area contributed by atoms with Crippen molar-refractivity contribution in [3.8, 4) is 0 Å². The van der Waals surface area contributed by atoms with Gasteiger partial charge in [0, 0.05) is 25.8 Å². The first-order valence-corrected chi connectivity index (χ1v) is 6.76. The molecule has 100 valence electrons. The first kappa shape index (κ1) is 13.8. The summed E-state index contributed by atoms with van der Waals surface area (Å²) in [6, 6.07) is 12.2. The Morgan fingerprint density at radius 2 is 1.95 bits per heavy atom. The smallest absolute Gasteiger partial charge is 0.147 e. The first-order chi connectivity index (χ1) is 9.26. The number of anilines is 1. The highest BCUT2D eigenvalue weighted by atomic mass is 35.5. The number of nitrogens with two attached hydrogens (primary N) is 1. The quantitative estimate of drug-likeness (QED) is 0.911. The van der Waals surface area contributed by atoms with Crippen LogP contribution in [-0.2, 0) is 13.1 Å². The van der Waals surface area contributed by atoms with E-state index < -0.39 is 0 Å². The van der Waals surface area contributed by atoms with Crippen LogP contribution in [0.25, 0.3) is 0 Å². The molecule has 2 rings (SSSR count). The molecule has 0 bridgehead atoms. The lowest BCUT2D eigenvalue weighted by Crippen LogP contribution is -2.23. The molecule has 2 aromatic rings. The van der Waals surface area contributed by atoms with Gasteiger partial charge < -0.3 is 10.6 Å². The molecule has 1 aromatic carbocycles. The summed E-state index contributed by atoms with van der Waals surface area (Å²) in [5.41, 5.74) is 7.85. The second-order valence-electron chi connectivity index (χ2n) is 4.31. The number of aromatic nitrogens is 1. The maximum Gasteiger partial charge on any atom is 0.147 e. The van der Waals surface area contributed by atoms with Crippen LogP contribution >= 0.6 is 11.6 Å². The highest BCUT2D eigenvalue weighted by Crippen LogP contribution is 2.27. The molecule has 2 N–H and O–H groups in total. The molecule has 0 aliphatic heterocycles. The lowest BCUT2D eigenvalue weighted by Gasteiger charge is -2.23. The van der Waals surface area contributed by atoms with E-state index in [2.05, 4.69) is 28.9 Å². The summed E-state index contributed by atoms with van der Waals surface area (Å²) in [5.74, 6) is 0.802. The van der Waals surface area contributed by atoms with Crippen LogP contribution < -0.4 is 10.6 Å². The van der Waals surface area contributed by atoms with E-state index >= 15 is 0 Å². The Morgan fingerprint density at radius 1 is 1.21 bits per heavy atom. The van der Waals surface area contributed by atoms with Gasteiger partial charge in [0.25, 0.3) is 0 Å². The van der Waals surface area contributed by atoms with Crippen molar-refractivity contribution in [1.82, 2.24) is 4.98 Å². The Morgan fingerprint density at radius 3 is 2.58 bits per heavy atom. The van der Waals surface area contributed by atoms with E-state index in [1.54, 1.807) is 6.20 Å². The highest BCUT2D eigenvalue weighted by Gasteiger charge is 2.13. The van der Waals surface area contributed by atoms with Gasteiger partial charge in [-0.1, -0.05) is 41.9 Å². The molecule has 0 saturated carbocycles. The van der Waals surface area contributed by atoms with Gasteiger partial charge in [-0.05, 0) is 24.1 Å². The van der Waals surface area contributed by atoms with Crippen LogP contribution in [0.4, 0.5) is 5.82 Å². The second kappa shape index (κ2) is 6.55. The predicted molar refractivity (Wildman–Crippen MR) is 80.3 cm³/mol. The number of hydrogen-bond donors (Lipinski definition) is 1. The topological polar surface area (TPSA) is 42.2 Å². The van der Waals surface area contributed by atoms with E-state index in [-0.39, 0.29) is 0 Å². The van der Waals surface area contributed by atoms with Crippen LogP contribution in [0.15, 0.2) is 42.6 Å². The van der Waals surface area contributed by atoms with Crippen LogP contribution in [0.5, 0.6) is 0 Å². The minimum Gasteiger partial charge on any atom is -0.351 e. The molecular weight excluding hydrogens is 258 g/mol. The Balaban J connectivity index is 2.27.